The van der Waals surface area contributed by atoms with Crippen LogP contribution in [0.1, 0.15) is 34.5 Å². The summed E-state index contributed by atoms with van der Waals surface area (Å²) >= 11 is 5.80. The minimum atomic E-state index is -1.48. The second-order valence-electron chi connectivity index (χ2n) is 10.2. The van der Waals surface area contributed by atoms with E-state index in [1.807, 2.05) is 28.0 Å². The first kappa shape index (κ1) is 24.9. The zero-order valence-corrected chi connectivity index (χ0v) is 20.2. The van der Waals surface area contributed by atoms with E-state index in [0.29, 0.717) is 12.1 Å². The van der Waals surface area contributed by atoms with Gasteiger partial charge in [-0.2, -0.15) is 0 Å². The van der Waals surface area contributed by atoms with Crippen molar-refractivity contribution in [2.45, 2.75) is 35.5 Å². The van der Waals surface area contributed by atoms with Gasteiger partial charge in [-0.3, -0.25) is 9.78 Å². The molecule has 164 valence electrons. The van der Waals surface area contributed by atoms with Crippen LogP contribution < -0.4 is 5.32 Å². The van der Waals surface area contributed by atoms with Crippen LogP contribution in [0.4, 0.5) is 8.78 Å². The molecule has 4 nitrogen and oxygen atoms in total. The van der Waals surface area contributed by atoms with Crippen molar-refractivity contribution < 1.29 is 13.6 Å². The van der Waals surface area contributed by atoms with E-state index in [-0.39, 0.29) is 42.0 Å². The van der Waals surface area contributed by atoms with E-state index in [9.17, 15) is 9.18 Å². The molecule has 12 heteroatoms. The maximum Gasteiger partial charge on any atom is 0.253 e. The molecule has 2 heterocycles. The molecule has 0 saturated carbocycles. The molecular formula is C20H27B5ClF2N3O. The lowest BCUT2D eigenvalue weighted by Crippen LogP contribution is -2.65. The molecule has 1 aliphatic rings. The van der Waals surface area contributed by atoms with Crippen molar-refractivity contribution >= 4 is 56.7 Å². The molecule has 1 saturated heterocycles. The smallest absolute Gasteiger partial charge is 0.253 e. The minimum absolute atomic E-state index is 0.0336. The van der Waals surface area contributed by atoms with Crippen molar-refractivity contribution in [2.24, 2.45) is 0 Å². The Hall–Kier alpha value is -1.73. The molecule has 0 spiro atoms. The zero-order valence-electron chi connectivity index (χ0n) is 19.4. The quantitative estimate of drug-likeness (QED) is 0.545. The normalized spacial score (nSPS) is 16.7. The summed E-state index contributed by atoms with van der Waals surface area (Å²) in [5.74, 6) is -0.831. The summed E-state index contributed by atoms with van der Waals surface area (Å²) in [7, 11) is 10.1. The molecule has 0 bridgehead atoms. The summed E-state index contributed by atoms with van der Waals surface area (Å²) < 4.78 is 29.3. The standard InChI is InChI=1S/C20H27B5ClF2N3O/c21-19(22,23)13-2-3-14(29-10-13)11-30-20(24,25)18(28)5-7-31(8-6-18)17(32)12-1-4-16(27)15(26)9-12/h1-4,9-10,30H,5-8,11,21-25H2. The van der Waals surface area contributed by atoms with Gasteiger partial charge in [0, 0.05) is 31.4 Å². The number of carbonyl (C=O) groups is 1. The van der Waals surface area contributed by atoms with Crippen molar-refractivity contribution in [3.8, 4) is 0 Å². The highest BCUT2D eigenvalue weighted by molar-refractivity contribution is 6.58. The van der Waals surface area contributed by atoms with Crippen molar-refractivity contribution in [2.75, 3.05) is 13.1 Å². The molecule has 32 heavy (non-hydrogen) atoms. The Kier molecular flexibility index (Phi) is 7.21. The van der Waals surface area contributed by atoms with Gasteiger partial charge in [0.05, 0.1) is 34.3 Å². The first-order chi connectivity index (χ1) is 14.8. The Morgan fingerprint density at radius 3 is 2.34 bits per heavy atom. The Bertz CT molecular complexity index is 980. The van der Waals surface area contributed by atoms with E-state index in [2.05, 4.69) is 39.9 Å². The predicted molar refractivity (Wildman–Crippen MR) is 139 cm³/mol. The van der Waals surface area contributed by atoms with Crippen molar-refractivity contribution in [1.29, 1.82) is 0 Å². The molecule has 1 amide bonds. The summed E-state index contributed by atoms with van der Waals surface area (Å²) in [5.41, 5.74) is 0.845. The van der Waals surface area contributed by atoms with Gasteiger partial charge in [0.2, 0.25) is 0 Å². The van der Waals surface area contributed by atoms with E-state index in [4.69, 9.17) is 11.6 Å². The van der Waals surface area contributed by atoms with Crippen molar-refractivity contribution in [1.82, 2.24) is 15.2 Å². The molecule has 0 radical (unpaired) electrons. The van der Waals surface area contributed by atoms with Crippen LogP contribution >= 0.6 is 11.6 Å². The van der Waals surface area contributed by atoms with Crippen LogP contribution in [0.3, 0.4) is 0 Å². The summed E-state index contributed by atoms with van der Waals surface area (Å²) in [6, 6.07) is 7.94. The van der Waals surface area contributed by atoms with Crippen LogP contribution in [0.2, 0.25) is 5.02 Å². The van der Waals surface area contributed by atoms with Crippen LogP contribution in [0, 0.1) is 5.82 Å². The highest BCUT2D eigenvalue weighted by Gasteiger charge is 2.47. The number of hydrogen-bond acceptors (Lipinski definition) is 3. The number of nitrogens with one attached hydrogen (secondary N) is 1. The van der Waals surface area contributed by atoms with Gasteiger partial charge >= 0.3 is 0 Å². The van der Waals surface area contributed by atoms with Gasteiger partial charge in [0.15, 0.2) is 0 Å². The van der Waals surface area contributed by atoms with E-state index in [0.717, 1.165) is 11.3 Å². The largest absolute Gasteiger partial charge is 0.338 e. The maximum atomic E-state index is 15.9. The van der Waals surface area contributed by atoms with Gasteiger partial charge in [0.1, 0.15) is 27.2 Å². The number of halogens is 3. The summed E-state index contributed by atoms with van der Waals surface area (Å²) in [5, 5.41) is 2.47. The van der Waals surface area contributed by atoms with Crippen LogP contribution in [-0.4, -0.2) is 79.1 Å². The Morgan fingerprint density at radius 1 is 1.16 bits per heavy atom. The third-order valence-electron chi connectivity index (χ3n) is 6.53. The van der Waals surface area contributed by atoms with Gasteiger partial charge in [-0.1, -0.05) is 22.8 Å². The number of alkyl halides is 1. The first-order valence-electron chi connectivity index (χ1n) is 11.0. The Morgan fingerprint density at radius 2 is 1.81 bits per heavy atom. The molecule has 1 aromatic heterocycles. The molecule has 1 N–H and O–H groups in total. The Labute approximate surface area is 198 Å². The number of piperidine rings is 1. The van der Waals surface area contributed by atoms with Crippen molar-refractivity contribution in [3.05, 3.63) is 64.2 Å². The van der Waals surface area contributed by atoms with Gasteiger partial charge < -0.3 is 10.2 Å². The van der Waals surface area contributed by atoms with E-state index < -0.39 is 16.8 Å². The Balaban J connectivity index is 1.60. The van der Waals surface area contributed by atoms with Crippen LogP contribution in [0.15, 0.2) is 36.5 Å². The fourth-order valence-electron chi connectivity index (χ4n) is 3.94. The lowest BCUT2D eigenvalue weighted by atomic mass is 9.40. The monoisotopic (exact) mass is 453 g/mol. The van der Waals surface area contributed by atoms with Crippen LogP contribution in [0.5, 0.6) is 0 Å². The van der Waals surface area contributed by atoms with Gasteiger partial charge in [-0.25, -0.2) is 8.78 Å². The van der Waals surface area contributed by atoms with E-state index >= 15 is 4.39 Å². The number of nitrogens with zero attached hydrogens (tertiary/aromatic N) is 2. The molecule has 1 fully saturated rings. The zero-order chi connectivity index (χ0) is 23.7. The summed E-state index contributed by atoms with van der Waals surface area (Å²) in [6.45, 7) is 1.03. The van der Waals surface area contributed by atoms with E-state index in [1.54, 1.807) is 4.90 Å². The molecule has 0 atom stereocenters. The lowest BCUT2D eigenvalue weighted by Gasteiger charge is -2.46. The fraction of sp³-hybridized carbons (Fsp3) is 0.400. The molecular weight excluding hydrogens is 426 g/mol. The summed E-state index contributed by atoms with van der Waals surface area (Å²) in [6.07, 6.45) is 2.30. The number of aromatic nitrogens is 1. The van der Waals surface area contributed by atoms with Crippen molar-refractivity contribution in [3.63, 3.8) is 0 Å². The number of likely N-dealkylation sites (tertiary alicyclic amines) is 1. The number of amides is 1. The average molecular weight is 453 g/mol. The minimum Gasteiger partial charge on any atom is -0.338 e. The van der Waals surface area contributed by atoms with Crippen LogP contribution in [-0.2, 0) is 11.7 Å². The molecule has 1 aliphatic heterocycles. The number of benzene rings is 1. The van der Waals surface area contributed by atoms with Crippen LogP contribution in [0.25, 0.3) is 0 Å². The first-order valence-corrected chi connectivity index (χ1v) is 11.3. The fourth-order valence-corrected chi connectivity index (χ4v) is 4.12. The number of hydrogen-bond donors (Lipinski definition) is 1. The second kappa shape index (κ2) is 9.26. The predicted octanol–water partition coefficient (Wildman–Crippen LogP) is -1.46. The third-order valence-corrected chi connectivity index (χ3v) is 6.82. The van der Waals surface area contributed by atoms with Gasteiger partial charge in [-0.05, 0) is 48.0 Å². The molecule has 2 aromatic rings. The average Bonchev–Trinajstić information content (AvgIpc) is 2.74. The third kappa shape index (κ3) is 5.42. The molecule has 0 unspecified atom stereocenters. The topological polar surface area (TPSA) is 45.2 Å². The van der Waals surface area contributed by atoms with Gasteiger partial charge in [-0.15, -0.1) is 0 Å². The molecule has 1 aromatic carbocycles. The number of pyridine rings is 1. The second-order valence-corrected chi connectivity index (χ2v) is 10.6. The van der Waals surface area contributed by atoms with E-state index in [1.165, 1.54) is 18.2 Å². The number of carbonyl (C=O) groups excluding carboxylic acids is 1. The maximum absolute atomic E-state index is 15.9. The molecule has 3 rings (SSSR count). The summed E-state index contributed by atoms with van der Waals surface area (Å²) in [4.78, 5) is 18.9. The van der Waals surface area contributed by atoms with Gasteiger partial charge in [0.25, 0.3) is 5.91 Å². The highest BCUT2D eigenvalue weighted by Crippen LogP contribution is 2.34. The lowest BCUT2D eigenvalue weighted by molar-refractivity contribution is 0.0292. The SMILES string of the molecule is BC(B)(B)c1ccc(CNC(B)(B)C2(F)CCN(C(=O)c3ccc(F)c(Cl)c3)CC2)nc1. The molecule has 0 aliphatic carbocycles. The highest BCUT2D eigenvalue weighted by atomic mass is 35.5. The number of rotatable bonds is 6.